The van der Waals surface area contributed by atoms with Gasteiger partial charge in [-0.1, -0.05) is 49.1 Å². The van der Waals surface area contributed by atoms with Crippen LogP contribution in [0.1, 0.15) is 45.2 Å². The summed E-state index contributed by atoms with van der Waals surface area (Å²) in [5.74, 6) is -2.86. The average Bonchev–Trinajstić information content (AvgIpc) is 3.49. The predicted molar refractivity (Wildman–Crippen MR) is 134 cm³/mol. The van der Waals surface area contributed by atoms with Gasteiger partial charge in [-0.25, -0.2) is 0 Å². The second-order valence-electron chi connectivity index (χ2n) is 10.7. The molecule has 3 heterocycles. The van der Waals surface area contributed by atoms with Crippen LogP contribution >= 0.6 is 0 Å². The van der Waals surface area contributed by atoms with E-state index >= 15 is 0 Å². The summed E-state index contributed by atoms with van der Waals surface area (Å²) in [4.78, 5) is 44.8. The van der Waals surface area contributed by atoms with Gasteiger partial charge in [0.2, 0.25) is 11.8 Å². The van der Waals surface area contributed by atoms with Crippen molar-refractivity contribution in [2.75, 3.05) is 19.8 Å². The van der Waals surface area contributed by atoms with Crippen LogP contribution in [0.25, 0.3) is 0 Å². The normalized spacial score (nSPS) is 29.6. The number of carbonyl (C=O) groups is 3. The van der Waals surface area contributed by atoms with Crippen molar-refractivity contribution in [2.24, 2.45) is 11.8 Å². The van der Waals surface area contributed by atoms with Gasteiger partial charge in [0.25, 0.3) is 0 Å². The van der Waals surface area contributed by atoms with Gasteiger partial charge in [0, 0.05) is 12.1 Å². The molecule has 2 bridgehead atoms. The van der Waals surface area contributed by atoms with Crippen molar-refractivity contribution in [3.05, 3.63) is 61.2 Å². The lowest BCUT2D eigenvalue weighted by Crippen LogP contribution is -2.60. The monoisotopic (exact) mass is 496 g/mol. The molecule has 4 rings (SSSR count). The first-order valence-corrected chi connectivity index (χ1v) is 12.5. The van der Waals surface area contributed by atoms with E-state index in [1.807, 2.05) is 51.1 Å². The van der Waals surface area contributed by atoms with Crippen molar-refractivity contribution in [2.45, 2.75) is 62.9 Å². The molecule has 0 aliphatic carbocycles. The standard InChI is InChI=1S/C28H36N2O6/c1-6-15-29(27(3,4)5)25(33)23-28-14-13-20(36-28)21(26(34)35-16-7-2)22(28)24(32)30(23)19(17-31)18-11-9-8-10-12-18/h6-12,19-23,31H,1-2,13-17H2,3-5H3/t19-,20-,21+,22+,23?,28?/m1/s1. The number of benzene rings is 1. The molecule has 36 heavy (non-hydrogen) atoms. The molecule has 2 unspecified atom stereocenters. The number of ether oxygens (including phenoxy) is 2. The number of fused-ring (bicyclic) bond motifs is 1. The maximum Gasteiger partial charge on any atom is 0.312 e. The number of hydrogen-bond acceptors (Lipinski definition) is 6. The minimum absolute atomic E-state index is 0.0302. The summed E-state index contributed by atoms with van der Waals surface area (Å²) in [7, 11) is 0. The summed E-state index contributed by atoms with van der Waals surface area (Å²) in [5, 5.41) is 10.5. The van der Waals surface area contributed by atoms with Crippen LogP contribution in [-0.2, 0) is 23.9 Å². The van der Waals surface area contributed by atoms with Crippen molar-refractivity contribution < 1.29 is 29.0 Å². The summed E-state index contributed by atoms with van der Waals surface area (Å²) < 4.78 is 11.8. The molecule has 2 amide bonds. The molecular formula is C28H36N2O6. The zero-order valence-electron chi connectivity index (χ0n) is 21.3. The van der Waals surface area contributed by atoms with Gasteiger partial charge in [-0.05, 0) is 39.2 Å². The van der Waals surface area contributed by atoms with Crippen LogP contribution in [-0.4, -0.2) is 75.7 Å². The molecular weight excluding hydrogens is 460 g/mol. The van der Waals surface area contributed by atoms with Crippen molar-refractivity contribution in [1.29, 1.82) is 0 Å². The fourth-order valence-electron chi connectivity index (χ4n) is 6.21. The Kier molecular flexibility index (Phi) is 7.12. The fourth-order valence-corrected chi connectivity index (χ4v) is 6.21. The molecule has 6 atom stereocenters. The van der Waals surface area contributed by atoms with Gasteiger partial charge in [-0.3, -0.25) is 14.4 Å². The lowest BCUT2D eigenvalue weighted by molar-refractivity contribution is -0.157. The first-order valence-electron chi connectivity index (χ1n) is 12.5. The Morgan fingerprint density at radius 2 is 1.97 bits per heavy atom. The van der Waals surface area contributed by atoms with E-state index in [1.165, 1.54) is 11.0 Å². The molecule has 3 aliphatic heterocycles. The molecule has 8 heteroatoms. The zero-order valence-corrected chi connectivity index (χ0v) is 21.3. The highest BCUT2D eigenvalue weighted by atomic mass is 16.6. The molecule has 0 aromatic heterocycles. The number of amides is 2. The van der Waals surface area contributed by atoms with Crippen LogP contribution in [0.4, 0.5) is 0 Å². The van der Waals surface area contributed by atoms with Crippen LogP contribution in [0.15, 0.2) is 55.6 Å². The Morgan fingerprint density at radius 3 is 2.56 bits per heavy atom. The first kappa shape index (κ1) is 26.1. The maximum atomic E-state index is 14.4. The van der Waals surface area contributed by atoms with Gasteiger partial charge in [0.1, 0.15) is 18.2 Å². The van der Waals surface area contributed by atoms with Crippen molar-refractivity contribution in [3.63, 3.8) is 0 Å². The third kappa shape index (κ3) is 4.06. The van der Waals surface area contributed by atoms with E-state index in [0.29, 0.717) is 18.4 Å². The van der Waals surface area contributed by atoms with Gasteiger partial charge in [0.15, 0.2) is 0 Å². The van der Waals surface area contributed by atoms with Crippen molar-refractivity contribution >= 4 is 17.8 Å². The zero-order chi connectivity index (χ0) is 26.3. The molecule has 1 N–H and O–H groups in total. The van der Waals surface area contributed by atoms with Gasteiger partial charge in [-0.2, -0.15) is 0 Å². The number of hydrogen-bond donors (Lipinski definition) is 1. The van der Waals surface area contributed by atoms with Crippen LogP contribution in [0.5, 0.6) is 0 Å². The van der Waals surface area contributed by atoms with Gasteiger partial charge in [0.05, 0.1) is 30.6 Å². The number of rotatable bonds is 9. The Morgan fingerprint density at radius 1 is 1.28 bits per heavy atom. The number of nitrogens with zero attached hydrogens (tertiary/aromatic N) is 2. The molecule has 8 nitrogen and oxygen atoms in total. The largest absolute Gasteiger partial charge is 0.461 e. The number of aliphatic hydroxyl groups is 1. The highest BCUT2D eigenvalue weighted by Crippen LogP contribution is 2.60. The van der Waals surface area contributed by atoms with E-state index in [4.69, 9.17) is 9.47 Å². The third-order valence-corrected chi connectivity index (χ3v) is 7.67. The van der Waals surface area contributed by atoms with Crippen LogP contribution in [0.3, 0.4) is 0 Å². The molecule has 1 spiro atoms. The number of aliphatic hydroxyl groups excluding tert-OH is 1. The summed E-state index contributed by atoms with van der Waals surface area (Å²) in [6.45, 7) is 13.1. The quantitative estimate of drug-likeness (QED) is 0.417. The minimum atomic E-state index is -1.18. The number of likely N-dealkylation sites (tertiary alicyclic amines) is 1. The number of esters is 1. The Hall–Kier alpha value is -2.97. The Balaban J connectivity index is 1.84. The molecule has 1 aromatic rings. The summed E-state index contributed by atoms with van der Waals surface area (Å²) in [6, 6.07) is 7.36. The smallest absolute Gasteiger partial charge is 0.312 e. The van der Waals surface area contributed by atoms with E-state index < -0.39 is 47.1 Å². The van der Waals surface area contributed by atoms with Gasteiger partial charge in [-0.15, -0.1) is 6.58 Å². The number of carbonyl (C=O) groups excluding carboxylic acids is 3. The highest BCUT2D eigenvalue weighted by Gasteiger charge is 2.76. The van der Waals surface area contributed by atoms with Crippen LogP contribution in [0, 0.1) is 11.8 Å². The second kappa shape index (κ2) is 9.82. The first-order chi connectivity index (χ1) is 17.1. The third-order valence-electron chi connectivity index (χ3n) is 7.67. The highest BCUT2D eigenvalue weighted by molar-refractivity contribution is 5.98. The molecule has 3 saturated heterocycles. The predicted octanol–water partition coefficient (Wildman–Crippen LogP) is 2.64. The summed E-state index contributed by atoms with van der Waals surface area (Å²) in [6.07, 6.45) is 3.64. The van der Waals surface area contributed by atoms with E-state index in [-0.39, 0.29) is 31.6 Å². The average molecular weight is 497 g/mol. The topological polar surface area (TPSA) is 96.4 Å². The van der Waals surface area contributed by atoms with E-state index in [9.17, 15) is 19.5 Å². The van der Waals surface area contributed by atoms with Crippen molar-refractivity contribution in [3.8, 4) is 0 Å². The lowest BCUT2D eigenvalue weighted by Gasteiger charge is -2.43. The summed E-state index contributed by atoms with van der Waals surface area (Å²) in [5.41, 5.74) is -1.03. The lowest BCUT2D eigenvalue weighted by atomic mass is 9.70. The Labute approximate surface area is 212 Å². The van der Waals surface area contributed by atoms with E-state index in [0.717, 1.165) is 0 Å². The van der Waals surface area contributed by atoms with Crippen molar-refractivity contribution in [1.82, 2.24) is 9.80 Å². The minimum Gasteiger partial charge on any atom is -0.461 e. The molecule has 194 valence electrons. The molecule has 0 saturated carbocycles. The second-order valence-corrected chi connectivity index (χ2v) is 10.7. The van der Waals surface area contributed by atoms with Crippen LogP contribution in [0.2, 0.25) is 0 Å². The van der Waals surface area contributed by atoms with Crippen LogP contribution < -0.4 is 0 Å². The van der Waals surface area contributed by atoms with Gasteiger partial charge < -0.3 is 24.4 Å². The fraction of sp³-hybridized carbons (Fsp3) is 0.536. The molecule has 3 aliphatic rings. The van der Waals surface area contributed by atoms with E-state index in [1.54, 1.807) is 11.0 Å². The maximum absolute atomic E-state index is 14.4. The molecule has 3 fully saturated rings. The SMILES string of the molecule is C=CCOC(=O)[C@@H]1[C@H]2C(=O)N([C@H](CO)c3ccccc3)C(C(=O)N(CC=C)C(C)(C)C)C23CC[C@H]1O3. The molecule has 1 aromatic carbocycles. The molecule has 0 radical (unpaired) electrons. The van der Waals surface area contributed by atoms with E-state index in [2.05, 4.69) is 13.2 Å². The Bertz CT molecular complexity index is 1030. The van der Waals surface area contributed by atoms with Gasteiger partial charge >= 0.3 is 5.97 Å². The summed E-state index contributed by atoms with van der Waals surface area (Å²) >= 11 is 0.